The Hall–Kier alpha value is -1.69. The molecular formula is C16H14Cl2N2. The van der Waals surface area contributed by atoms with Crippen molar-refractivity contribution in [3.8, 4) is 6.07 Å². The van der Waals surface area contributed by atoms with E-state index < -0.39 is 0 Å². The fourth-order valence-electron chi connectivity index (χ4n) is 2.06. The number of alkyl halides is 1. The van der Waals surface area contributed by atoms with E-state index in [2.05, 4.69) is 11.0 Å². The smallest absolute Gasteiger partial charge is 0.0640 e. The normalized spacial score (nSPS) is 10.1. The third-order valence-corrected chi connectivity index (χ3v) is 3.52. The summed E-state index contributed by atoms with van der Waals surface area (Å²) in [4.78, 5) is 2.08. The first-order valence-corrected chi connectivity index (χ1v) is 7.21. The molecule has 0 aromatic heterocycles. The van der Waals surface area contributed by atoms with Crippen molar-refractivity contribution < 1.29 is 0 Å². The highest BCUT2D eigenvalue weighted by Gasteiger charge is 2.13. The molecule has 2 rings (SSSR count). The van der Waals surface area contributed by atoms with Crippen LogP contribution in [0.5, 0.6) is 0 Å². The quantitative estimate of drug-likeness (QED) is 0.716. The van der Waals surface area contributed by atoms with Crippen molar-refractivity contribution in [2.75, 3.05) is 11.4 Å². The predicted octanol–water partition coefficient (Wildman–Crippen LogP) is 5.13. The zero-order valence-electron chi connectivity index (χ0n) is 10.9. The van der Waals surface area contributed by atoms with Crippen LogP contribution < -0.4 is 4.90 Å². The first kappa shape index (κ1) is 14.7. The molecule has 2 aromatic rings. The average Bonchev–Trinajstić information content (AvgIpc) is 2.49. The van der Waals surface area contributed by atoms with E-state index in [1.54, 1.807) is 0 Å². The summed E-state index contributed by atoms with van der Waals surface area (Å²) >= 11 is 12.1. The third-order valence-electron chi connectivity index (χ3n) is 3.00. The fourth-order valence-corrected chi connectivity index (χ4v) is 2.45. The van der Waals surface area contributed by atoms with Crippen molar-refractivity contribution in [1.29, 1.82) is 5.26 Å². The van der Waals surface area contributed by atoms with Gasteiger partial charge in [0.2, 0.25) is 0 Å². The number of benzene rings is 2. The highest BCUT2D eigenvalue weighted by Crippen LogP contribution is 2.32. The summed E-state index contributed by atoms with van der Waals surface area (Å²) < 4.78 is 0. The van der Waals surface area contributed by atoms with Gasteiger partial charge < -0.3 is 4.90 Å². The summed E-state index contributed by atoms with van der Waals surface area (Å²) in [6.07, 6.45) is 0.434. The summed E-state index contributed by atoms with van der Waals surface area (Å²) in [7, 11) is 0. The molecule has 0 heterocycles. The molecule has 0 N–H and O–H groups in total. The van der Waals surface area contributed by atoms with Crippen LogP contribution in [0.2, 0.25) is 5.02 Å². The Morgan fingerprint density at radius 2 is 1.85 bits per heavy atom. The van der Waals surface area contributed by atoms with Gasteiger partial charge in [0.1, 0.15) is 0 Å². The lowest BCUT2D eigenvalue weighted by Gasteiger charge is -2.26. The summed E-state index contributed by atoms with van der Waals surface area (Å²) in [5.41, 5.74) is 2.98. The van der Waals surface area contributed by atoms with E-state index in [4.69, 9.17) is 28.5 Å². The highest BCUT2D eigenvalue weighted by molar-refractivity contribution is 6.31. The van der Waals surface area contributed by atoms with Crippen LogP contribution >= 0.6 is 23.2 Å². The molecule has 0 radical (unpaired) electrons. The number of hydrogen-bond acceptors (Lipinski definition) is 2. The van der Waals surface area contributed by atoms with Crippen LogP contribution in [0.25, 0.3) is 0 Å². The van der Waals surface area contributed by atoms with Gasteiger partial charge in [0.05, 0.1) is 12.5 Å². The van der Waals surface area contributed by atoms with Crippen LogP contribution in [0.4, 0.5) is 11.4 Å². The summed E-state index contributed by atoms with van der Waals surface area (Å²) in [6.45, 7) is 0.602. The van der Waals surface area contributed by atoms with E-state index in [9.17, 15) is 0 Å². The number of halogens is 2. The number of hydrogen-bond donors (Lipinski definition) is 0. The van der Waals surface area contributed by atoms with Crippen molar-refractivity contribution in [3.63, 3.8) is 0 Å². The van der Waals surface area contributed by atoms with Crippen LogP contribution in [0.15, 0.2) is 48.5 Å². The second kappa shape index (κ2) is 7.19. The van der Waals surface area contributed by atoms with Crippen molar-refractivity contribution in [1.82, 2.24) is 0 Å². The van der Waals surface area contributed by atoms with Gasteiger partial charge in [-0.1, -0.05) is 35.9 Å². The third kappa shape index (κ3) is 3.45. The molecule has 102 valence electrons. The van der Waals surface area contributed by atoms with Gasteiger partial charge in [-0.25, -0.2) is 0 Å². The monoisotopic (exact) mass is 304 g/mol. The van der Waals surface area contributed by atoms with Gasteiger partial charge in [-0.2, -0.15) is 5.26 Å². The molecule has 0 fully saturated rings. The molecule has 0 aliphatic carbocycles. The molecule has 0 spiro atoms. The van der Waals surface area contributed by atoms with E-state index in [-0.39, 0.29) is 0 Å². The summed E-state index contributed by atoms with van der Waals surface area (Å²) in [6, 6.07) is 17.8. The van der Waals surface area contributed by atoms with Gasteiger partial charge >= 0.3 is 0 Å². The first-order chi connectivity index (χ1) is 9.76. The van der Waals surface area contributed by atoms with Crippen molar-refractivity contribution in [2.24, 2.45) is 0 Å². The van der Waals surface area contributed by atoms with E-state index in [0.29, 0.717) is 23.9 Å². The second-order valence-electron chi connectivity index (χ2n) is 4.30. The van der Waals surface area contributed by atoms with Gasteiger partial charge in [0.25, 0.3) is 0 Å². The molecule has 0 saturated carbocycles. The Labute approximate surface area is 129 Å². The predicted molar refractivity (Wildman–Crippen MR) is 84.7 cm³/mol. The number of nitriles is 1. The largest absolute Gasteiger partial charge is 0.340 e. The lowest BCUT2D eigenvalue weighted by molar-refractivity contribution is 0.942. The van der Waals surface area contributed by atoms with Crippen LogP contribution in [0.3, 0.4) is 0 Å². The van der Waals surface area contributed by atoms with Gasteiger partial charge in [-0.05, 0) is 29.8 Å². The Morgan fingerprint density at radius 3 is 2.50 bits per heavy atom. The van der Waals surface area contributed by atoms with E-state index >= 15 is 0 Å². The Bertz CT molecular complexity index is 606. The van der Waals surface area contributed by atoms with Gasteiger partial charge in [-0.3, -0.25) is 0 Å². The number of nitrogens with zero attached hydrogens (tertiary/aromatic N) is 2. The molecule has 0 amide bonds. The maximum Gasteiger partial charge on any atom is 0.0640 e. The molecular weight excluding hydrogens is 291 g/mol. The topological polar surface area (TPSA) is 27.0 Å². The molecule has 4 heteroatoms. The Morgan fingerprint density at radius 1 is 1.10 bits per heavy atom. The summed E-state index contributed by atoms with van der Waals surface area (Å²) in [5.74, 6) is 0.405. The van der Waals surface area contributed by atoms with Crippen molar-refractivity contribution >= 4 is 34.6 Å². The molecule has 0 atom stereocenters. The number of rotatable bonds is 5. The van der Waals surface area contributed by atoms with Crippen molar-refractivity contribution in [2.45, 2.75) is 12.3 Å². The average molecular weight is 305 g/mol. The van der Waals surface area contributed by atoms with Crippen LogP contribution in [0, 0.1) is 11.3 Å². The fraction of sp³-hybridized carbons (Fsp3) is 0.188. The molecule has 0 unspecified atom stereocenters. The molecule has 0 saturated heterocycles. The lowest BCUT2D eigenvalue weighted by atomic mass is 10.1. The number of anilines is 2. The first-order valence-electron chi connectivity index (χ1n) is 6.30. The van der Waals surface area contributed by atoms with Gasteiger partial charge in [0.15, 0.2) is 0 Å². The maximum atomic E-state index is 8.86. The van der Waals surface area contributed by atoms with E-state index in [0.717, 1.165) is 16.9 Å². The Balaban J connectivity index is 2.46. The minimum atomic E-state index is 0.405. The second-order valence-corrected chi connectivity index (χ2v) is 5.01. The maximum absolute atomic E-state index is 8.86. The SMILES string of the molecule is N#CCCN(c1ccccc1)c1cc(Cl)ccc1CCl. The number of para-hydroxylation sites is 1. The molecule has 0 aliphatic rings. The lowest BCUT2D eigenvalue weighted by Crippen LogP contribution is -2.19. The van der Waals surface area contributed by atoms with E-state index in [1.165, 1.54) is 0 Å². The van der Waals surface area contributed by atoms with Crippen LogP contribution in [-0.4, -0.2) is 6.54 Å². The molecule has 0 aliphatic heterocycles. The highest BCUT2D eigenvalue weighted by atomic mass is 35.5. The summed E-state index contributed by atoms with van der Waals surface area (Å²) in [5, 5.41) is 9.52. The zero-order valence-corrected chi connectivity index (χ0v) is 12.4. The van der Waals surface area contributed by atoms with Gasteiger partial charge in [0, 0.05) is 28.8 Å². The van der Waals surface area contributed by atoms with Crippen LogP contribution in [-0.2, 0) is 5.88 Å². The molecule has 2 nitrogen and oxygen atoms in total. The minimum absolute atomic E-state index is 0.405. The molecule has 2 aromatic carbocycles. The van der Waals surface area contributed by atoms with Gasteiger partial charge in [-0.15, -0.1) is 11.6 Å². The minimum Gasteiger partial charge on any atom is -0.340 e. The Kier molecular flexibility index (Phi) is 5.29. The van der Waals surface area contributed by atoms with Crippen molar-refractivity contribution in [3.05, 3.63) is 59.1 Å². The molecule has 20 heavy (non-hydrogen) atoms. The standard InChI is InChI=1S/C16H14Cl2N2/c17-12-13-7-8-14(18)11-16(13)20(10-4-9-19)15-5-2-1-3-6-15/h1-3,5-8,11H,4,10,12H2. The van der Waals surface area contributed by atoms with E-state index in [1.807, 2.05) is 48.5 Å². The molecule has 0 bridgehead atoms. The van der Waals surface area contributed by atoms with Crippen LogP contribution in [0.1, 0.15) is 12.0 Å². The zero-order chi connectivity index (χ0) is 14.4.